The number of para-hydroxylation sites is 1. The largest absolute Gasteiger partial charge is 0.497 e. The van der Waals surface area contributed by atoms with Crippen LogP contribution in [0.5, 0.6) is 17.2 Å². The molecule has 28 heavy (non-hydrogen) atoms. The minimum atomic E-state index is -0.253. The number of nitrogens with zero attached hydrogens (tertiary/aromatic N) is 1. The molecule has 142 valence electrons. The fourth-order valence-corrected chi connectivity index (χ4v) is 2.45. The van der Waals surface area contributed by atoms with Crippen LogP contribution in [-0.4, -0.2) is 37.8 Å². The Morgan fingerprint density at radius 1 is 1.04 bits per heavy atom. The van der Waals surface area contributed by atoms with Crippen LogP contribution in [0.1, 0.15) is 0 Å². The topological polar surface area (TPSA) is 69.7 Å². The van der Waals surface area contributed by atoms with Gasteiger partial charge in [-0.25, -0.2) is 0 Å². The van der Waals surface area contributed by atoms with E-state index in [9.17, 15) is 4.79 Å². The van der Waals surface area contributed by atoms with Crippen molar-refractivity contribution in [1.82, 2.24) is 10.3 Å². The number of ether oxygens (including phenoxy) is 3. The molecule has 3 rings (SSSR count). The molecule has 0 unspecified atom stereocenters. The number of benzene rings is 2. The highest BCUT2D eigenvalue weighted by Crippen LogP contribution is 2.22. The lowest BCUT2D eigenvalue weighted by atomic mass is 10.2. The monoisotopic (exact) mass is 376 g/mol. The molecule has 0 aliphatic rings. The first-order chi connectivity index (χ1) is 13.8. The molecule has 1 aromatic heterocycles. The number of carbonyl (C=O) groups excluding carboxylic acids is 1. The fraction of sp³-hybridized carbons (Fsp3) is 0.182. The zero-order chi connectivity index (χ0) is 19.6. The van der Waals surface area contributed by atoms with Gasteiger partial charge in [0.15, 0.2) is 6.61 Å². The van der Waals surface area contributed by atoms with Crippen LogP contribution in [0.4, 0.5) is 0 Å². The molecule has 0 atom stereocenters. The van der Waals surface area contributed by atoms with Gasteiger partial charge in [-0.3, -0.25) is 9.78 Å². The van der Waals surface area contributed by atoms with Crippen LogP contribution in [0.25, 0.3) is 10.9 Å². The van der Waals surface area contributed by atoms with Gasteiger partial charge in [0.25, 0.3) is 5.91 Å². The van der Waals surface area contributed by atoms with Crippen LogP contribution >= 0.6 is 0 Å². The molecule has 3 aromatic rings. The average molecular weight is 376 g/mol. The van der Waals surface area contributed by atoms with Gasteiger partial charge in [0.2, 0.25) is 0 Å². The van der Waals surface area contributed by atoms with Gasteiger partial charge in [-0.05, 0) is 24.3 Å². The minimum Gasteiger partial charge on any atom is -0.497 e. The predicted octanol–water partition coefficient (Wildman–Crippen LogP) is 2.82. The van der Waals surface area contributed by atoms with Crippen molar-refractivity contribution < 1.29 is 19.0 Å². The highest BCUT2D eigenvalue weighted by atomic mass is 16.5. The average Bonchev–Trinajstić information content (AvgIpc) is 2.75. The second-order valence-electron chi connectivity index (χ2n) is 5.72. The molecule has 0 fully saturated rings. The maximum absolute atomic E-state index is 11.8. The van der Waals surface area contributed by atoms with E-state index in [0.29, 0.717) is 17.2 Å². The lowest BCUT2D eigenvalue weighted by Gasteiger charge is -2.07. The normalized spacial score (nSPS) is 9.89. The van der Waals surface area contributed by atoms with Crippen LogP contribution in [0.15, 0.2) is 60.8 Å². The Bertz CT molecular complexity index is 1000. The van der Waals surface area contributed by atoms with E-state index < -0.39 is 0 Å². The minimum absolute atomic E-state index is 0.0903. The SMILES string of the molecule is COc1cccc(OCC(=O)NCC#CCOc2cccc3cccnc23)c1. The summed E-state index contributed by atoms with van der Waals surface area (Å²) >= 11 is 0. The van der Waals surface area contributed by atoms with E-state index in [0.717, 1.165) is 10.9 Å². The summed E-state index contributed by atoms with van der Waals surface area (Å²) < 4.78 is 16.2. The van der Waals surface area contributed by atoms with Crippen LogP contribution in [-0.2, 0) is 4.79 Å². The van der Waals surface area contributed by atoms with E-state index in [2.05, 4.69) is 22.1 Å². The van der Waals surface area contributed by atoms with E-state index in [1.165, 1.54) is 0 Å². The third kappa shape index (κ3) is 5.39. The third-order valence-corrected chi connectivity index (χ3v) is 3.81. The fourth-order valence-electron chi connectivity index (χ4n) is 2.45. The summed E-state index contributed by atoms with van der Waals surface area (Å²) in [6, 6.07) is 16.7. The van der Waals surface area contributed by atoms with E-state index in [4.69, 9.17) is 14.2 Å². The molecule has 0 saturated carbocycles. The van der Waals surface area contributed by atoms with Crippen molar-refractivity contribution in [2.75, 3.05) is 26.9 Å². The van der Waals surface area contributed by atoms with Crippen molar-refractivity contribution in [3.05, 3.63) is 60.8 Å². The van der Waals surface area contributed by atoms with E-state index in [1.807, 2.05) is 30.3 Å². The molecule has 6 nitrogen and oxygen atoms in total. The van der Waals surface area contributed by atoms with Gasteiger partial charge in [0.1, 0.15) is 29.4 Å². The number of aromatic nitrogens is 1. The van der Waals surface area contributed by atoms with Gasteiger partial charge < -0.3 is 19.5 Å². The van der Waals surface area contributed by atoms with Crippen molar-refractivity contribution in [3.63, 3.8) is 0 Å². The first-order valence-corrected chi connectivity index (χ1v) is 8.72. The van der Waals surface area contributed by atoms with Crippen LogP contribution < -0.4 is 19.5 Å². The summed E-state index contributed by atoms with van der Waals surface area (Å²) in [6.45, 7) is 0.344. The summed E-state index contributed by atoms with van der Waals surface area (Å²) in [6.07, 6.45) is 1.73. The molecular formula is C22H20N2O4. The Morgan fingerprint density at radius 2 is 1.86 bits per heavy atom. The highest BCUT2D eigenvalue weighted by molar-refractivity contribution is 5.84. The zero-order valence-corrected chi connectivity index (χ0v) is 15.5. The zero-order valence-electron chi connectivity index (χ0n) is 15.5. The summed E-state index contributed by atoms with van der Waals surface area (Å²) in [7, 11) is 1.57. The second-order valence-corrected chi connectivity index (χ2v) is 5.72. The summed E-state index contributed by atoms with van der Waals surface area (Å²) in [5, 5.41) is 3.68. The molecule has 0 bridgehead atoms. The van der Waals surface area contributed by atoms with Crippen molar-refractivity contribution in [1.29, 1.82) is 0 Å². The van der Waals surface area contributed by atoms with Gasteiger partial charge in [-0.1, -0.05) is 36.1 Å². The number of hydrogen-bond donors (Lipinski definition) is 1. The Labute approximate surface area is 163 Å². The smallest absolute Gasteiger partial charge is 0.258 e. The van der Waals surface area contributed by atoms with Gasteiger partial charge in [0.05, 0.1) is 13.7 Å². The Morgan fingerprint density at radius 3 is 2.75 bits per heavy atom. The molecule has 0 aliphatic carbocycles. The van der Waals surface area contributed by atoms with E-state index in [-0.39, 0.29) is 25.7 Å². The van der Waals surface area contributed by atoms with Crippen LogP contribution in [0.2, 0.25) is 0 Å². The number of pyridine rings is 1. The van der Waals surface area contributed by atoms with Gasteiger partial charge in [0, 0.05) is 17.6 Å². The van der Waals surface area contributed by atoms with Crippen molar-refractivity contribution >= 4 is 16.8 Å². The molecule has 1 N–H and O–H groups in total. The number of nitrogens with one attached hydrogen (secondary N) is 1. The number of hydrogen-bond acceptors (Lipinski definition) is 5. The second kappa shape index (κ2) is 9.83. The maximum Gasteiger partial charge on any atom is 0.258 e. The highest BCUT2D eigenvalue weighted by Gasteiger charge is 2.03. The van der Waals surface area contributed by atoms with Crippen molar-refractivity contribution in [2.24, 2.45) is 0 Å². The molecule has 1 amide bonds. The van der Waals surface area contributed by atoms with Gasteiger partial charge >= 0.3 is 0 Å². The standard InChI is InChI=1S/C22H20N2O4/c1-26-18-9-5-10-19(15-18)28-16-21(25)23-12-2-3-14-27-20-11-4-7-17-8-6-13-24-22(17)20/h4-11,13,15H,12,14,16H2,1H3,(H,23,25). The predicted molar refractivity (Wildman–Crippen MR) is 107 cm³/mol. The van der Waals surface area contributed by atoms with Crippen molar-refractivity contribution in [3.8, 4) is 29.1 Å². The number of carbonyl (C=O) groups is 1. The number of rotatable bonds is 7. The summed E-state index contributed by atoms with van der Waals surface area (Å²) in [5.74, 6) is 7.39. The number of methoxy groups -OCH3 is 1. The Kier molecular flexibility index (Phi) is 6.69. The Balaban J connectivity index is 1.39. The molecule has 2 aromatic carbocycles. The molecule has 0 spiro atoms. The lowest BCUT2D eigenvalue weighted by molar-refractivity contribution is -0.122. The molecule has 6 heteroatoms. The number of fused-ring (bicyclic) bond motifs is 1. The van der Waals surface area contributed by atoms with Gasteiger partial charge in [-0.2, -0.15) is 0 Å². The van der Waals surface area contributed by atoms with Crippen molar-refractivity contribution in [2.45, 2.75) is 0 Å². The molecule has 1 heterocycles. The maximum atomic E-state index is 11.8. The molecule has 0 radical (unpaired) electrons. The first kappa shape index (κ1) is 19.1. The third-order valence-electron chi connectivity index (χ3n) is 3.81. The quantitative estimate of drug-likeness (QED) is 0.642. The van der Waals surface area contributed by atoms with E-state index in [1.54, 1.807) is 37.6 Å². The summed E-state index contributed by atoms with van der Waals surface area (Å²) in [5.41, 5.74) is 0.801. The van der Waals surface area contributed by atoms with Crippen LogP contribution in [0, 0.1) is 11.8 Å². The first-order valence-electron chi connectivity index (χ1n) is 8.72. The molecule has 0 saturated heterocycles. The number of amides is 1. The Hall–Kier alpha value is -3.72. The molecule has 0 aliphatic heterocycles. The lowest BCUT2D eigenvalue weighted by Crippen LogP contribution is -2.29. The molecular weight excluding hydrogens is 356 g/mol. The summed E-state index contributed by atoms with van der Waals surface area (Å²) in [4.78, 5) is 16.1. The van der Waals surface area contributed by atoms with Gasteiger partial charge in [-0.15, -0.1) is 0 Å². The van der Waals surface area contributed by atoms with Crippen LogP contribution in [0.3, 0.4) is 0 Å². The van der Waals surface area contributed by atoms with E-state index >= 15 is 0 Å².